The maximum absolute atomic E-state index is 5.45. The standard InChI is InChI=1S/C22H27N7OS2.Cu/c1-23-21(31)27-25-19(16-6-4-3-5-7-16)20(26-28-22(32)24-2)17-8-10-18(11-9-17)29-12-14-30-15-13-29;/h3-11H,12-15H2,1-2H3,(H2,23,27,31)(H2,24,28,32);/q;+2/p-2/b25-19+,26-20+;. The third-order valence-corrected chi connectivity index (χ3v) is 5.27. The van der Waals surface area contributed by atoms with E-state index in [1.807, 2.05) is 42.5 Å². The van der Waals surface area contributed by atoms with Crippen molar-refractivity contribution in [2.75, 3.05) is 45.3 Å². The Kier molecular flexibility index (Phi) is 11.2. The zero-order valence-corrected chi connectivity index (χ0v) is 20.9. The molecule has 11 heteroatoms. The predicted molar refractivity (Wildman–Crippen MR) is 137 cm³/mol. The van der Waals surface area contributed by atoms with Gasteiger partial charge in [0.2, 0.25) is 0 Å². The number of amidine groups is 2. The second-order valence-corrected chi connectivity index (χ2v) is 7.49. The van der Waals surface area contributed by atoms with Gasteiger partial charge in [-0.25, -0.2) is 0 Å². The van der Waals surface area contributed by atoms with Crippen molar-refractivity contribution in [3.8, 4) is 0 Å². The van der Waals surface area contributed by atoms with Crippen molar-refractivity contribution >= 4 is 52.7 Å². The summed E-state index contributed by atoms with van der Waals surface area (Å²) < 4.78 is 5.45. The number of ether oxygens (including phenoxy) is 1. The van der Waals surface area contributed by atoms with Crippen molar-refractivity contribution in [2.45, 2.75) is 0 Å². The molecule has 0 aliphatic carbocycles. The summed E-state index contributed by atoms with van der Waals surface area (Å²) in [5.74, 6) is 0. The molecule has 1 aliphatic rings. The minimum atomic E-state index is 0. The van der Waals surface area contributed by atoms with Crippen LogP contribution in [-0.4, -0.2) is 62.2 Å². The van der Waals surface area contributed by atoms with Crippen LogP contribution in [0.15, 0.2) is 74.8 Å². The van der Waals surface area contributed by atoms with Crippen molar-refractivity contribution < 1.29 is 21.8 Å². The Labute approximate surface area is 216 Å². The number of hydrogen-bond acceptors (Lipinski definition) is 8. The molecular formula is C22H25CuN7OS2. The summed E-state index contributed by atoms with van der Waals surface area (Å²) in [6, 6.07) is 17.9. The van der Waals surface area contributed by atoms with Crippen LogP contribution in [0, 0.1) is 0 Å². The van der Waals surface area contributed by atoms with Gasteiger partial charge in [0.15, 0.2) is 0 Å². The largest absolute Gasteiger partial charge is 2.00 e. The first-order valence-electron chi connectivity index (χ1n) is 10.1. The number of hydrogen-bond donors (Lipinski definition) is 2. The van der Waals surface area contributed by atoms with Gasteiger partial charge in [0.1, 0.15) is 11.4 Å². The van der Waals surface area contributed by atoms with E-state index >= 15 is 0 Å². The van der Waals surface area contributed by atoms with E-state index in [-0.39, 0.29) is 27.4 Å². The number of rotatable bonds is 6. The van der Waals surface area contributed by atoms with Gasteiger partial charge in [0, 0.05) is 44.0 Å². The van der Waals surface area contributed by atoms with Crippen LogP contribution in [-0.2, 0) is 47.1 Å². The Morgan fingerprint density at radius 3 is 1.76 bits per heavy atom. The Balaban J connectivity index is 0.00000385. The van der Waals surface area contributed by atoms with Gasteiger partial charge in [-0.2, -0.15) is 10.2 Å². The molecule has 2 N–H and O–H groups in total. The van der Waals surface area contributed by atoms with Gasteiger partial charge in [0.05, 0.1) is 13.2 Å². The molecule has 0 atom stereocenters. The summed E-state index contributed by atoms with van der Waals surface area (Å²) in [6.45, 7) is 3.20. The average molecular weight is 531 g/mol. The van der Waals surface area contributed by atoms with Crippen LogP contribution < -0.4 is 15.8 Å². The monoisotopic (exact) mass is 530 g/mol. The van der Waals surface area contributed by atoms with Gasteiger partial charge in [-0.15, -0.1) is 0 Å². The summed E-state index contributed by atoms with van der Waals surface area (Å²) in [7, 11) is 3.21. The smallest absolute Gasteiger partial charge is 0.741 e. The molecule has 1 radical (unpaired) electrons. The van der Waals surface area contributed by atoms with Crippen LogP contribution in [0.5, 0.6) is 0 Å². The van der Waals surface area contributed by atoms with Crippen LogP contribution in [0.3, 0.4) is 0 Å². The summed E-state index contributed by atoms with van der Waals surface area (Å²) in [5, 5.41) is 9.60. The van der Waals surface area contributed by atoms with E-state index in [1.54, 1.807) is 14.1 Å². The van der Waals surface area contributed by atoms with Crippen molar-refractivity contribution in [3.63, 3.8) is 0 Å². The molecule has 0 aromatic heterocycles. The molecule has 2 aromatic carbocycles. The third kappa shape index (κ3) is 7.76. The molecule has 1 heterocycles. The normalized spacial score (nSPS) is 15.6. The van der Waals surface area contributed by atoms with Crippen molar-refractivity contribution in [2.24, 2.45) is 20.2 Å². The summed E-state index contributed by atoms with van der Waals surface area (Å²) >= 11 is 10.3. The van der Waals surface area contributed by atoms with Gasteiger partial charge >= 0.3 is 17.1 Å². The molecule has 0 unspecified atom stereocenters. The summed E-state index contributed by atoms with van der Waals surface area (Å²) in [6.07, 6.45) is 0. The molecular weight excluding hydrogens is 506 g/mol. The maximum Gasteiger partial charge on any atom is 2.00 e. The predicted octanol–water partition coefficient (Wildman–Crippen LogP) is 1.87. The van der Waals surface area contributed by atoms with Gasteiger partial charge in [0.25, 0.3) is 0 Å². The Morgan fingerprint density at radius 1 is 0.788 bits per heavy atom. The number of aliphatic imine (C=N–C) groups is 2. The molecule has 33 heavy (non-hydrogen) atoms. The number of hydrazone groups is 2. The number of anilines is 1. The molecule has 1 aliphatic heterocycles. The molecule has 3 rings (SSSR count). The minimum absolute atomic E-state index is 0. The molecule has 1 saturated heterocycles. The topological polar surface area (TPSA) is 86.0 Å². The van der Waals surface area contributed by atoms with Crippen LogP contribution in [0.4, 0.5) is 5.69 Å². The first-order valence-corrected chi connectivity index (χ1v) is 10.9. The van der Waals surface area contributed by atoms with Crippen molar-refractivity contribution in [3.05, 3.63) is 65.7 Å². The molecule has 1 fully saturated rings. The second kappa shape index (κ2) is 13.9. The average Bonchev–Trinajstić information content (AvgIpc) is 2.86. The van der Waals surface area contributed by atoms with E-state index in [4.69, 9.17) is 30.0 Å². The summed E-state index contributed by atoms with van der Waals surface area (Å²) in [5.41, 5.74) is 9.65. The Morgan fingerprint density at radius 2 is 1.27 bits per heavy atom. The number of nitrogens with zero attached hydrogens (tertiary/aromatic N) is 5. The first kappa shape index (κ1) is 26.7. The molecule has 0 spiro atoms. The molecule has 0 amide bonds. The molecule has 0 saturated carbocycles. The fourth-order valence-corrected chi connectivity index (χ4v) is 3.15. The molecule has 2 aromatic rings. The van der Waals surface area contributed by atoms with E-state index in [9.17, 15) is 0 Å². The fraction of sp³-hybridized carbons (Fsp3) is 0.273. The second-order valence-electron chi connectivity index (χ2n) is 6.71. The van der Waals surface area contributed by atoms with Crippen LogP contribution in [0.2, 0.25) is 0 Å². The zero-order chi connectivity index (χ0) is 22.8. The molecule has 8 nitrogen and oxygen atoms in total. The first-order chi connectivity index (χ1) is 15.6. The fourth-order valence-electron chi connectivity index (χ4n) is 3.06. The van der Waals surface area contributed by atoms with Crippen LogP contribution in [0.1, 0.15) is 11.1 Å². The van der Waals surface area contributed by atoms with E-state index in [1.165, 1.54) is 0 Å². The minimum Gasteiger partial charge on any atom is -0.741 e. The van der Waals surface area contributed by atoms with E-state index in [2.05, 4.69) is 48.1 Å². The van der Waals surface area contributed by atoms with Gasteiger partial charge < -0.3 is 34.9 Å². The van der Waals surface area contributed by atoms with Gasteiger partial charge in [-0.05, 0) is 22.5 Å². The van der Waals surface area contributed by atoms with Gasteiger partial charge in [-0.3, -0.25) is 20.8 Å². The third-order valence-electron chi connectivity index (χ3n) is 4.72. The number of benzene rings is 2. The van der Waals surface area contributed by atoms with E-state index in [0.717, 1.165) is 43.1 Å². The molecule has 177 valence electrons. The van der Waals surface area contributed by atoms with E-state index in [0.29, 0.717) is 11.4 Å². The van der Waals surface area contributed by atoms with E-state index < -0.39 is 0 Å². The maximum atomic E-state index is 5.45. The number of nitrogens with one attached hydrogen (secondary N) is 2. The van der Waals surface area contributed by atoms with Crippen molar-refractivity contribution in [1.82, 2.24) is 10.9 Å². The quantitative estimate of drug-likeness (QED) is 0.195. The van der Waals surface area contributed by atoms with Crippen molar-refractivity contribution in [1.29, 1.82) is 0 Å². The molecule has 0 bridgehead atoms. The SMILES string of the molecule is CN=C([S-])N/N=C(/C(=N/NC([S-])=NC)c1ccc(N2CCOCC2)cc1)c1ccccc1.[Cu+2]. The Hall–Kier alpha value is -2.56. The van der Waals surface area contributed by atoms with Crippen LogP contribution in [0.25, 0.3) is 0 Å². The zero-order valence-electron chi connectivity index (χ0n) is 18.3. The number of morpholine rings is 1. The summed E-state index contributed by atoms with van der Waals surface area (Å²) in [4.78, 5) is 10.2. The van der Waals surface area contributed by atoms with Gasteiger partial charge in [-0.1, -0.05) is 42.5 Å². The van der Waals surface area contributed by atoms with Crippen LogP contribution >= 0.6 is 0 Å². The Bertz CT molecular complexity index is 1010.